The highest BCUT2D eigenvalue weighted by atomic mass is 16.5. The Morgan fingerprint density at radius 3 is 2.43 bits per heavy atom. The third-order valence-electron chi connectivity index (χ3n) is 1.98. The summed E-state index contributed by atoms with van der Waals surface area (Å²) in [6, 6.07) is 0. The summed E-state index contributed by atoms with van der Waals surface area (Å²) in [5.74, 6) is 0.0968. The molecule has 14 heavy (non-hydrogen) atoms. The van der Waals surface area contributed by atoms with E-state index in [0.29, 0.717) is 13.0 Å². The number of ether oxygens (including phenoxy) is 1. The number of amides is 1. The van der Waals surface area contributed by atoms with Crippen LogP contribution in [0.3, 0.4) is 0 Å². The van der Waals surface area contributed by atoms with E-state index in [4.69, 9.17) is 4.74 Å². The maximum absolute atomic E-state index is 11.2. The molecule has 3 heteroatoms. The molecule has 84 valence electrons. The van der Waals surface area contributed by atoms with Crippen LogP contribution in [0, 0.1) is 0 Å². The minimum absolute atomic E-state index is 0.0968. The van der Waals surface area contributed by atoms with E-state index < -0.39 is 0 Å². The standard InChI is InChI=1S/C11H23NO2/c1-6-10(13)12-11(4,5)7-8-14-9(2)3/h9H,6-8H2,1-5H3,(H,12,13). The molecule has 0 radical (unpaired) electrons. The maximum atomic E-state index is 11.2. The van der Waals surface area contributed by atoms with Gasteiger partial charge in [-0.15, -0.1) is 0 Å². The van der Waals surface area contributed by atoms with Crippen LogP contribution >= 0.6 is 0 Å². The van der Waals surface area contributed by atoms with Crippen molar-refractivity contribution in [3.63, 3.8) is 0 Å². The van der Waals surface area contributed by atoms with Gasteiger partial charge in [0.2, 0.25) is 5.91 Å². The Kier molecular flexibility index (Phi) is 5.77. The van der Waals surface area contributed by atoms with E-state index in [1.54, 1.807) is 0 Å². The van der Waals surface area contributed by atoms with Crippen LogP contribution in [0.25, 0.3) is 0 Å². The van der Waals surface area contributed by atoms with Gasteiger partial charge in [-0.2, -0.15) is 0 Å². The van der Waals surface area contributed by atoms with Crippen molar-refractivity contribution in [2.45, 2.75) is 59.1 Å². The third-order valence-corrected chi connectivity index (χ3v) is 1.98. The van der Waals surface area contributed by atoms with E-state index in [1.807, 2.05) is 34.6 Å². The van der Waals surface area contributed by atoms with Gasteiger partial charge in [0.1, 0.15) is 0 Å². The highest BCUT2D eigenvalue weighted by molar-refractivity contribution is 5.76. The molecule has 0 aliphatic carbocycles. The van der Waals surface area contributed by atoms with Gasteiger partial charge in [0.25, 0.3) is 0 Å². The first-order valence-electron chi connectivity index (χ1n) is 5.30. The molecule has 0 saturated carbocycles. The van der Waals surface area contributed by atoms with Gasteiger partial charge in [0, 0.05) is 18.6 Å². The van der Waals surface area contributed by atoms with E-state index >= 15 is 0 Å². The van der Waals surface area contributed by atoms with Crippen LogP contribution in [0.1, 0.15) is 47.5 Å². The van der Waals surface area contributed by atoms with Crippen molar-refractivity contribution in [3.05, 3.63) is 0 Å². The first-order valence-corrected chi connectivity index (χ1v) is 5.30. The Morgan fingerprint density at radius 1 is 1.43 bits per heavy atom. The van der Waals surface area contributed by atoms with E-state index in [2.05, 4.69) is 5.32 Å². The molecule has 0 fully saturated rings. The first-order chi connectivity index (χ1) is 6.37. The smallest absolute Gasteiger partial charge is 0.220 e. The first kappa shape index (κ1) is 13.4. The van der Waals surface area contributed by atoms with Gasteiger partial charge in [-0.3, -0.25) is 4.79 Å². The van der Waals surface area contributed by atoms with E-state index in [-0.39, 0.29) is 17.6 Å². The number of carbonyl (C=O) groups is 1. The summed E-state index contributed by atoms with van der Waals surface area (Å²) < 4.78 is 5.44. The van der Waals surface area contributed by atoms with E-state index in [0.717, 1.165) is 6.42 Å². The summed E-state index contributed by atoms with van der Waals surface area (Å²) in [4.78, 5) is 11.2. The summed E-state index contributed by atoms with van der Waals surface area (Å²) in [5.41, 5.74) is -0.165. The molecule has 0 aliphatic heterocycles. The summed E-state index contributed by atoms with van der Waals surface area (Å²) in [6.07, 6.45) is 1.64. The Balaban J connectivity index is 3.77. The van der Waals surface area contributed by atoms with Gasteiger partial charge in [-0.25, -0.2) is 0 Å². The van der Waals surface area contributed by atoms with Crippen LogP contribution in [0.2, 0.25) is 0 Å². The van der Waals surface area contributed by atoms with Gasteiger partial charge in [0.05, 0.1) is 6.10 Å². The summed E-state index contributed by atoms with van der Waals surface area (Å²) in [6.45, 7) is 10.6. The molecule has 1 amide bonds. The van der Waals surface area contributed by atoms with Crippen molar-refractivity contribution in [2.24, 2.45) is 0 Å². The minimum Gasteiger partial charge on any atom is -0.379 e. The molecule has 0 aromatic heterocycles. The molecule has 0 rings (SSSR count). The molecule has 1 N–H and O–H groups in total. The average Bonchev–Trinajstić information content (AvgIpc) is 2.02. The van der Waals surface area contributed by atoms with Crippen LogP contribution in [-0.2, 0) is 9.53 Å². The molecule has 0 bridgehead atoms. The topological polar surface area (TPSA) is 38.3 Å². The highest BCUT2D eigenvalue weighted by Gasteiger charge is 2.19. The Labute approximate surface area is 87.2 Å². The van der Waals surface area contributed by atoms with Crippen molar-refractivity contribution < 1.29 is 9.53 Å². The number of hydrogen-bond acceptors (Lipinski definition) is 2. The second-order valence-corrected chi connectivity index (χ2v) is 4.46. The molecule has 0 aliphatic rings. The molecular formula is C11H23NO2. The van der Waals surface area contributed by atoms with Gasteiger partial charge in [-0.1, -0.05) is 6.92 Å². The molecule has 0 aromatic rings. The largest absolute Gasteiger partial charge is 0.379 e. The van der Waals surface area contributed by atoms with Crippen LogP contribution in [0.5, 0.6) is 0 Å². The molecule has 0 unspecified atom stereocenters. The molecular weight excluding hydrogens is 178 g/mol. The second-order valence-electron chi connectivity index (χ2n) is 4.46. The number of hydrogen-bond donors (Lipinski definition) is 1. The fourth-order valence-corrected chi connectivity index (χ4v) is 1.08. The lowest BCUT2D eigenvalue weighted by atomic mass is 10.0. The third kappa shape index (κ3) is 6.89. The van der Waals surface area contributed by atoms with Crippen molar-refractivity contribution >= 4 is 5.91 Å². The maximum Gasteiger partial charge on any atom is 0.220 e. The molecule has 0 saturated heterocycles. The summed E-state index contributed by atoms with van der Waals surface area (Å²) >= 11 is 0. The predicted octanol–water partition coefficient (Wildman–Crippen LogP) is 2.11. The van der Waals surface area contributed by atoms with Crippen molar-refractivity contribution in [2.75, 3.05) is 6.61 Å². The number of nitrogens with one attached hydrogen (secondary N) is 1. The lowest BCUT2D eigenvalue weighted by Gasteiger charge is -2.26. The Morgan fingerprint density at radius 2 is 2.00 bits per heavy atom. The fourth-order valence-electron chi connectivity index (χ4n) is 1.08. The summed E-state index contributed by atoms with van der Waals surface area (Å²) in [7, 11) is 0. The highest BCUT2D eigenvalue weighted by Crippen LogP contribution is 2.09. The SMILES string of the molecule is CCC(=O)NC(C)(C)CCOC(C)C. The Hall–Kier alpha value is -0.570. The van der Waals surface area contributed by atoms with Gasteiger partial charge < -0.3 is 10.1 Å². The average molecular weight is 201 g/mol. The van der Waals surface area contributed by atoms with Crippen molar-refractivity contribution in [1.82, 2.24) is 5.32 Å². The molecule has 0 atom stereocenters. The van der Waals surface area contributed by atoms with Crippen LogP contribution in [0.15, 0.2) is 0 Å². The molecule has 0 spiro atoms. The number of carbonyl (C=O) groups excluding carboxylic acids is 1. The monoisotopic (exact) mass is 201 g/mol. The quantitative estimate of drug-likeness (QED) is 0.714. The van der Waals surface area contributed by atoms with Crippen LogP contribution < -0.4 is 5.32 Å². The van der Waals surface area contributed by atoms with Crippen molar-refractivity contribution in [1.29, 1.82) is 0 Å². The van der Waals surface area contributed by atoms with Gasteiger partial charge in [0.15, 0.2) is 0 Å². The van der Waals surface area contributed by atoms with Crippen LogP contribution in [-0.4, -0.2) is 24.2 Å². The zero-order valence-corrected chi connectivity index (χ0v) is 10.0. The predicted molar refractivity (Wildman–Crippen MR) is 58.2 cm³/mol. The zero-order chi connectivity index (χ0) is 11.2. The zero-order valence-electron chi connectivity index (χ0n) is 10.0. The fraction of sp³-hybridized carbons (Fsp3) is 0.909. The Bertz CT molecular complexity index is 176. The lowest BCUT2D eigenvalue weighted by Crippen LogP contribution is -2.44. The summed E-state index contributed by atoms with van der Waals surface area (Å²) in [5, 5.41) is 2.96. The van der Waals surface area contributed by atoms with Gasteiger partial charge >= 0.3 is 0 Å². The second kappa shape index (κ2) is 6.02. The molecule has 3 nitrogen and oxygen atoms in total. The van der Waals surface area contributed by atoms with Crippen molar-refractivity contribution in [3.8, 4) is 0 Å². The molecule has 0 aromatic carbocycles. The minimum atomic E-state index is -0.165. The normalized spacial score (nSPS) is 11.9. The molecule has 0 heterocycles. The lowest BCUT2D eigenvalue weighted by molar-refractivity contribution is -0.122. The number of rotatable bonds is 6. The van der Waals surface area contributed by atoms with Gasteiger partial charge in [-0.05, 0) is 34.1 Å². The van der Waals surface area contributed by atoms with E-state index in [1.165, 1.54) is 0 Å². The van der Waals surface area contributed by atoms with E-state index in [9.17, 15) is 4.79 Å². The van der Waals surface area contributed by atoms with Crippen LogP contribution in [0.4, 0.5) is 0 Å².